The molecule has 0 aliphatic heterocycles. The van der Waals surface area contributed by atoms with Crippen LogP contribution in [-0.4, -0.2) is 42.4 Å². The first-order valence-corrected chi connectivity index (χ1v) is 9.26. The Hall–Kier alpha value is -3.09. The first kappa shape index (κ1) is 21.2. The lowest BCUT2D eigenvalue weighted by Crippen LogP contribution is -2.06. The van der Waals surface area contributed by atoms with Crippen LogP contribution in [0.2, 0.25) is 0 Å². The van der Waals surface area contributed by atoms with E-state index in [1.165, 1.54) is 24.3 Å². The SMILES string of the molecule is CCOc1cc(C(=O)c2cc(OCC)c(O)c(OCC)c2)cc(OCC)c1O. The highest BCUT2D eigenvalue weighted by Crippen LogP contribution is 2.41. The van der Waals surface area contributed by atoms with Crippen molar-refractivity contribution in [3.63, 3.8) is 0 Å². The molecule has 152 valence electrons. The average molecular weight is 390 g/mol. The van der Waals surface area contributed by atoms with E-state index >= 15 is 0 Å². The zero-order valence-electron chi connectivity index (χ0n) is 16.6. The second kappa shape index (κ2) is 9.73. The van der Waals surface area contributed by atoms with Gasteiger partial charge < -0.3 is 29.2 Å². The van der Waals surface area contributed by atoms with E-state index in [9.17, 15) is 15.0 Å². The van der Waals surface area contributed by atoms with Crippen molar-refractivity contribution in [1.29, 1.82) is 0 Å². The summed E-state index contributed by atoms with van der Waals surface area (Å²) in [5, 5.41) is 20.5. The van der Waals surface area contributed by atoms with Gasteiger partial charge in [-0.15, -0.1) is 0 Å². The van der Waals surface area contributed by atoms with Crippen molar-refractivity contribution in [3.05, 3.63) is 35.4 Å². The van der Waals surface area contributed by atoms with Crippen LogP contribution >= 0.6 is 0 Å². The Balaban J connectivity index is 2.55. The number of phenols is 2. The monoisotopic (exact) mass is 390 g/mol. The zero-order valence-corrected chi connectivity index (χ0v) is 16.6. The first-order valence-electron chi connectivity index (χ1n) is 9.26. The number of carbonyl (C=O) groups excluding carboxylic acids is 1. The topological polar surface area (TPSA) is 94.5 Å². The molecule has 28 heavy (non-hydrogen) atoms. The summed E-state index contributed by atoms with van der Waals surface area (Å²) in [6, 6.07) is 5.82. The summed E-state index contributed by atoms with van der Waals surface area (Å²) in [7, 11) is 0. The van der Waals surface area contributed by atoms with Gasteiger partial charge in [0, 0.05) is 11.1 Å². The van der Waals surface area contributed by atoms with Crippen LogP contribution in [0.1, 0.15) is 43.6 Å². The molecule has 0 aliphatic rings. The maximum atomic E-state index is 13.1. The fraction of sp³-hybridized carbons (Fsp3) is 0.381. The van der Waals surface area contributed by atoms with Crippen LogP contribution in [0.25, 0.3) is 0 Å². The van der Waals surface area contributed by atoms with E-state index in [1.54, 1.807) is 27.7 Å². The fourth-order valence-corrected chi connectivity index (χ4v) is 2.66. The van der Waals surface area contributed by atoms with Gasteiger partial charge in [0.2, 0.25) is 11.5 Å². The van der Waals surface area contributed by atoms with Crippen LogP contribution in [-0.2, 0) is 0 Å². The zero-order chi connectivity index (χ0) is 20.7. The van der Waals surface area contributed by atoms with Gasteiger partial charge in [0.05, 0.1) is 26.4 Å². The summed E-state index contributed by atoms with van der Waals surface area (Å²) < 4.78 is 21.7. The van der Waals surface area contributed by atoms with E-state index in [-0.39, 0.29) is 51.4 Å². The third-order valence-electron chi connectivity index (χ3n) is 3.80. The molecule has 2 rings (SSSR count). The van der Waals surface area contributed by atoms with Gasteiger partial charge in [0.25, 0.3) is 0 Å². The molecule has 0 fully saturated rings. The van der Waals surface area contributed by atoms with Gasteiger partial charge in [-0.05, 0) is 52.0 Å². The Kier molecular flexibility index (Phi) is 7.37. The number of ether oxygens (including phenoxy) is 4. The van der Waals surface area contributed by atoms with Crippen molar-refractivity contribution in [2.45, 2.75) is 27.7 Å². The van der Waals surface area contributed by atoms with E-state index < -0.39 is 0 Å². The number of aromatic hydroxyl groups is 2. The van der Waals surface area contributed by atoms with E-state index in [4.69, 9.17) is 18.9 Å². The Bertz CT molecular complexity index is 708. The molecule has 2 N–H and O–H groups in total. The third-order valence-corrected chi connectivity index (χ3v) is 3.80. The van der Waals surface area contributed by atoms with Gasteiger partial charge >= 0.3 is 0 Å². The van der Waals surface area contributed by atoms with Gasteiger partial charge in [-0.2, -0.15) is 0 Å². The number of phenolic OH excluding ortho intramolecular Hbond substituents is 2. The molecule has 2 aromatic carbocycles. The maximum Gasteiger partial charge on any atom is 0.200 e. The van der Waals surface area contributed by atoms with E-state index in [0.29, 0.717) is 26.4 Å². The highest BCUT2D eigenvalue weighted by Gasteiger charge is 2.21. The smallest absolute Gasteiger partial charge is 0.200 e. The first-order chi connectivity index (χ1) is 13.5. The van der Waals surface area contributed by atoms with Gasteiger partial charge in [-0.3, -0.25) is 4.79 Å². The Morgan fingerprint density at radius 2 is 0.893 bits per heavy atom. The predicted molar refractivity (Wildman–Crippen MR) is 104 cm³/mol. The molecule has 0 saturated heterocycles. The molecule has 0 amide bonds. The highest BCUT2D eigenvalue weighted by molar-refractivity contribution is 6.10. The third kappa shape index (κ3) is 4.60. The quantitative estimate of drug-likeness (QED) is 0.594. The molecule has 0 saturated carbocycles. The molecule has 0 unspecified atom stereocenters. The van der Waals surface area contributed by atoms with Crippen LogP contribution in [0.3, 0.4) is 0 Å². The summed E-state index contributed by atoms with van der Waals surface area (Å²) in [6.07, 6.45) is 0. The molecule has 0 aliphatic carbocycles. The minimum absolute atomic E-state index is 0.157. The maximum absolute atomic E-state index is 13.1. The number of hydrogen-bond acceptors (Lipinski definition) is 7. The Morgan fingerprint density at radius 1 is 0.643 bits per heavy atom. The normalized spacial score (nSPS) is 10.4. The Labute approximate surface area is 164 Å². The molecule has 0 bridgehead atoms. The van der Waals surface area contributed by atoms with E-state index in [2.05, 4.69) is 0 Å². The average Bonchev–Trinajstić information content (AvgIpc) is 2.68. The lowest BCUT2D eigenvalue weighted by molar-refractivity contribution is 0.103. The van der Waals surface area contributed by atoms with Crippen molar-refractivity contribution in [2.75, 3.05) is 26.4 Å². The summed E-state index contributed by atoms with van der Waals surface area (Å²) >= 11 is 0. The van der Waals surface area contributed by atoms with Crippen molar-refractivity contribution in [1.82, 2.24) is 0 Å². The fourth-order valence-electron chi connectivity index (χ4n) is 2.66. The molecule has 0 aromatic heterocycles. The molecule has 0 radical (unpaired) electrons. The lowest BCUT2D eigenvalue weighted by atomic mass is 10.0. The summed E-state index contributed by atoms with van der Waals surface area (Å²) in [5.74, 6) is -0.0386. The van der Waals surface area contributed by atoms with Gasteiger partial charge in [0.1, 0.15) is 0 Å². The van der Waals surface area contributed by atoms with Crippen LogP contribution in [0.4, 0.5) is 0 Å². The molecule has 0 atom stereocenters. The van der Waals surface area contributed by atoms with Crippen LogP contribution in [0.5, 0.6) is 34.5 Å². The van der Waals surface area contributed by atoms with Crippen molar-refractivity contribution in [3.8, 4) is 34.5 Å². The largest absolute Gasteiger partial charge is 0.502 e. The highest BCUT2D eigenvalue weighted by atomic mass is 16.5. The predicted octanol–water partition coefficient (Wildman–Crippen LogP) is 3.92. The van der Waals surface area contributed by atoms with E-state index in [1.807, 2.05) is 0 Å². The van der Waals surface area contributed by atoms with Gasteiger partial charge in [-0.25, -0.2) is 0 Å². The van der Waals surface area contributed by atoms with Crippen molar-refractivity contribution >= 4 is 5.78 Å². The Morgan fingerprint density at radius 3 is 1.11 bits per heavy atom. The molecule has 0 spiro atoms. The van der Waals surface area contributed by atoms with Crippen LogP contribution in [0, 0.1) is 0 Å². The van der Waals surface area contributed by atoms with Crippen molar-refractivity contribution in [2.24, 2.45) is 0 Å². The van der Waals surface area contributed by atoms with Crippen LogP contribution in [0.15, 0.2) is 24.3 Å². The lowest BCUT2D eigenvalue weighted by Gasteiger charge is -2.15. The standard InChI is InChI=1S/C21H26O7/c1-5-25-15-9-13(10-16(20(15)23)26-6-2)19(22)14-11-17(27-7-3)21(24)18(12-14)28-8-4/h9-12,23-24H,5-8H2,1-4H3. The second-order valence-corrected chi connectivity index (χ2v) is 5.70. The minimum atomic E-state index is -0.358. The molecule has 7 nitrogen and oxygen atoms in total. The van der Waals surface area contributed by atoms with Crippen molar-refractivity contribution < 1.29 is 34.0 Å². The van der Waals surface area contributed by atoms with Gasteiger partial charge in [-0.1, -0.05) is 0 Å². The molecular formula is C21H26O7. The minimum Gasteiger partial charge on any atom is -0.502 e. The molecule has 2 aromatic rings. The number of benzene rings is 2. The molecular weight excluding hydrogens is 364 g/mol. The number of rotatable bonds is 10. The van der Waals surface area contributed by atoms with Crippen LogP contribution < -0.4 is 18.9 Å². The summed E-state index contributed by atoms with van der Waals surface area (Å²) in [5.41, 5.74) is 0.528. The summed E-state index contributed by atoms with van der Waals surface area (Å²) in [6.45, 7) is 8.37. The van der Waals surface area contributed by atoms with E-state index in [0.717, 1.165) is 0 Å². The second-order valence-electron chi connectivity index (χ2n) is 5.70. The number of hydrogen-bond donors (Lipinski definition) is 2. The molecule has 0 heterocycles. The molecule has 7 heteroatoms. The number of ketones is 1. The summed E-state index contributed by atoms with van der Waals surface area (Å²) in [4.78, 5) is 13.1. The number of carbonyl (C=O) groups is 1. The van der Waals surface area contributed by atoms with Gasteiger partial charge in [0.15, 0.2) is 28.8 Å².